The molecule has 0 N–H and O–H groups in total. The van der Waals surface area contributed by atoms with Crippen LogP contribution in [-0.2, 0) is 18.6 Å². The third-order valence-corrected chi connectivity index (χ3v) is 2.62. The average molecular weight is 417 g/mol. The van der Waals surface area contributed by atoms with E-state index in [1.54, 1.807) is 36.4 Å². The molecule has 0 aromatic carbocycles. The van der Waals surface area contributed by atoms with Crippen LogP contribution >= 0.6 is 0 Å². The number of hydrogen-bond donors (Lipinski definition) is 0. The molecule has 0 aliphatic carbocycles. The van der Waals surface area contributed by atoms with Crippen molar-refractivity contribution in [3.05, 3.63) is 90.3 Å². The van der Waals surface area contributed by atoms with Gasteiger partial charge in [0.15, 0.2) is 0 Å². The maximum absolute atomic E-state index is 10.0. The normalized spacial score (nSPS) is 8.57. The molecule has 0 atom stereocenters. The summed E-state index contributed by atoms with van der Waals surface area (Å²) in [5.41, 5.74) is -0.0903. The molecule has 0 saturated heterocycles. The van der Waals surface area contributed by atoms with Crippen LogP contribution in [-0.4, -0.2) is 32.9 Å². The number of rotatable bonds is 3. The zero-order valence-corrected chi connectivity index (χ0v) is 15.6. The molecular weight excluding hydrogens is 405 g/mol. The van der Waals surface area contributed by atoms with Gasteiger partial charge in [0.25, 0.3) is 0 Å². The number of aromatic nitrogens is 3. The van der Waals surface area contributed by atoms with Crippen molar-refractivity contribution in [1.29, 1.82) is 0 Å². The summed E-state index contributed by atoms with van der Waals surface area (Å²) in [4.78, 5) is 40.6. The topological polar surface area (TPSA) is 159 Å². The van der Waals surface area contributed by atoms with E-state index in [1.165, 1.54) is 36.8 Å². The van der Waals surface area contributed by atoms with E-state index in [4.69, 9.17) is 0 Å². The van der Waals surface area contributed by atoms with E-state index in [1.807, 2.05) is 0 Å². The Morgan fingerprint density at radius 2 is 0.786 bits per heavy atom. The van der Waals surface area contributed by atoms with Crippen molar-refractivity contribution in [2.45, 2.75) is 0 Å². The fraction of sp³-hybridized carbons (Fsp3) is 0. The average Bonchev–Trinajstić information content (AvgIpc) is 2.71. The number of carboxylic acid groups (broad SMARTS) is 3. The minimum atomic E-state index is -1.24. The fourth-order valence-corrected chi connectivity index (χ4v) is 1.45. The Bertz CT molecular complexity index is 747. The molecule has 0 unspecified atom stereocenters. The zero-order chi connectivity index (χ0) is 20.1. The number of hydrogen-bond acceptors (Lipinski definition) is 9. The van der Waals surface area contributed by atoms with Crippen LogP contribution < -0.4 is 15.3 Å². The van der Waals surface area contributed by atoms with Crippen molar-refractivity contribution in [2.24, 2.45) is 0 Å². The summed E-state index contributed by atoms with van der Waals surface area (Å²) in [6.07, 6.45) is 4.22. The van der Waals surface area contributed by atoms with E-state index in [0.29, 0.717) is 0 Å². The molecule has 0 aliphatic heterocycles. The Balaban J connectivity index is 0.000000384. The van der Waals surface area contributed by atoms with Crippen LogP contribution in [0.15, 0.2) is 73.2 Å². The van der Waals surface area contributed by atoms with E-state index in [9.17, 15) is 29.7 Å². The van der Waals surface area contributed by atoms with Crippen molar-refractivity contribution in [1.82, 2.24) is 15.0 Å². The second-order valence-corrected chi connectivity index (χ2v) is 4.51. The maximum Gasteiger partial charge on any atom is 3.00 e. The summed E-state index contributed by atoms with van der Waals surface area (Å²) in [5, 5.41) is 30.1. The summed E-state index contributed by atoms with van der Waals surface area (Å²) >= 11 is 0. The monoisotopic (exact) mass is 417 g/mol. The molecule has 0 aliphatic rings. The predicted molar refractivity (Wildman–Crippen MR) is 85.7 cm³/mol. The number of carbonyl (C=O) groups is 3. The van der Waals surface area contributed by atoms with Crippen LogP contribution in [0.3, 0.4) is 0 Å². The number of carboxylic acids is 3. The molecule has 10 heteroatoms. The number of aromatic carboxylic acids is 3. The first-order valence-corrected chi connectivity index (χ1v) is 7.29. The van der Waals surface area contributed by atoms with Crippen LogP contribution in [0.2, 0.25) is 0 Å². The SMILES string of the molecule is O=C([O-])c1ccccn1.O=C([O-])c1ccccn1.O=C([O-])c1ccccn1.[V+3]. The Hall–Kier alpha value is -3.56. The Morgan fingerprint density at radius 3 is 0.893 bits per heavy atom. The van der Waals surface area contributed by atoms with Gasteiger partial charge in [0.2, 0.25) is 0 Å². The van der Waals surface area contributed by atoms with E-state index >= 15 is 0 Å². The molecule has 0 spiro atoms. The van der Waals surface area contributed by atoms with Gasteiger partial charge in [0.1, 0.15) is 0 Å². The molecule has 28 heavy (non-hydrogen) atoms. The van der Waals surface area contributed by atoms with Crippen LogP contribution in [0.1, 0.15) is 31.5 Å². The van der Waals surface area contributed by atoms with Gasteiger partial charge in [-0.2, -0.15) is 0 Å². The molecule has 3 heterocycles. The van der Waals surface area contributed by atoms with E-state index < -0.39 is 17.9 Å². The Kier molecular flexibility index (Phi) is 11.9. The minimum absolute atomic E-state index is 0. The summed E-state index contributed by atoms with van der Waals surface area (Å²) < 4.78 is 0. The van der Waals surface area contributed by atoms with E-state index in [2.05, 4.69) is 15.0 Å². The second kappa shape index (κ2) is 13.6. The molecule has 140 valence electrons. The van der Waals surface area contributed by atoms with Gasteiger partial charge < -0.3 is 29.7 Å². The van der Waals surface area contributed by atoms with Gasteiger partial charge in [0, 0.05) is 18.6 Å². The molecule has 3 rings (SSSR count). The van der Waals surface area contributed by atoms with Gasteiger partial charge in [-0.15, -0.1) is 0 Å². The predicted octanol–water partition coefficient (Wildman–Crippen LogP) is -1.67. The van der Waals surface area contributed by atoms with Gasteiger partial charge in [0.05, 0.1) is 35.0 Å². The van der Waals surface area contributed by atoms with Crippen molar-refractivity contribution < 1.29 is 48.3 Å². The molecule has 3 aromatic heterocycles. The molecule has 0 radical (unpaired) electrons. The van der Waals surface area contributed by atoms with Crippen LogP contribution in [0, 0.1) is 0 Å². The summed E-state index contributed by atoms with van der Waals surface area (Å²) in [6.45, 7) is 0. The van der Waals surface area contributed by atoms with Crippen LogP contribution in [0.4, 0.5) is 0 Å². The van der Waals surface area contributed by atoms with Gasteiger partial charge in [-0.25, -0.2) is 0 Å². The van der Waals surface area contributed by atoms with Crippen LogP contribution in [0.5, 0.6) is 0 Å². The molecule has 3 aromatic rings. The molecule has 9 nitrogen and oxygen atoms in total. The minimum Gasteiger partial charge on any atom is -0.543 e. The second-order valence-electron chi connectivity index (χ2n) is 4.51. The third-order valence-electron chi connectivity index (χ3n) is 2.62. The van der Waals surface area contributed by atoms with Crippen molar-refractivity contribution in [3.63, 3.8) is 0 Å². The largest absolute Gasteiger partial charge is 3.00 e. The van der Waals surface area contributed by atoms with Crippen LogP contribution in [0.25, 0.3) is 0 Å². The summed E-state index contributed by atoms with van der Waals surface area (Å²) in [6, 6.07) is 13.9. The first-order valence-electron chi connectivity index (χ1n) is 7.29. The van der Waals surface area contributed by atoms with Gasteiger partial charge >= 0.3 is 18.6 Å². The fourth-order valence-electron chi connectivity index (χ4n) is 1.45. The molecule has 0 bridgehead atoms. The Morgan fingerprint density at radius 1 is 0.536 bits per heavy atom. The molecular formula is C18H12N3O6V. The molecule has 0 amide bonds. The summed E-state index contributed by atoms with van der Waals surface area (Å²) in [7, 11) is 0. The molecule has 0 fully saturated rings. The Labute approximate surface area is 171 Å². The third kappa shape index (κ3) is 9.81. The number of carbonyl (C=O) groups excluding carboxylic acids is 3. The van der Waals surface area contributed by atoms with Crippen molar-refractivity contribution in [2.75, 3.05) is 0 Å². The smallest absolute Gasteiger partial charge is 0.543 e. The standard InChI is InChI=1S/3C6H5NO2.V/c3*8-6(9)5-3-1-2-4-7-5;/h3*1-4H,(H,8,9);/q;;;+3/p-3. The van der Waals surface area contributed by atoms with Crippen molar-refractivity contribution in [3.8, 4) is 0 Å². The quantitative estimate of drug-likeness (QED) is 0.486. The maximum atomic E-state index is 10.0. The van der Waals surface area contributed by atoms with E-state index in [0.717, 1.165) is 0 Å². The van der Waals surface area contributed by atoms with Gasteiger partial charge in [-0.05, 0) is 36.4 Å². The van der Waals surface area contributed by atoms with Crippen molar-refractivity contribution >= 4 is 17.9 Å². The van der Waals surface area contributed by atoms with Gasteiger partial charge in [-0.3, -0.25) is 15.0 Å². The van der Waals surface area contributed by atoms with E-state index in [-0.39, 0.29) is 35.6 Å². The first kappa shape index (κ1) is 24.4. The number of pyridine rings is 3. The zero-order valence-electron chi connectivity index (χ0n) is 14.2. The number of nitrogens with zero attached hydrogens (tertiary/aromatic N) is 3. The first-order chi connectivity index (χ1) is 12.9. The van der Waals surface area contributed by atoms with Gasteiger partial charge in [-0.1, -0.05) is 18.2 Å². The summed E-state index contributed by atoms with van der Waals surface area (Å²) in [5.74, 6) is -3.72. The molecule has 0 saturated carbocycles.